The second-order valence-corrected chi connectivity index (χ2v) is 5.87. The average molecular weight is 375 g/mol. The van der Waals surface area contributed by atoms with Crippen LogP contribution < -0.4 is 10.1 Å². The number of esters is 1. The quantitative estimate of drug-likeness (QED) is 0.780. The van der Waals surface area contributed by atoms with Gasteiger partial charge in [0.05, 0.1) is 11.6 Å². The molecule has 0 spiro atoms. The van der Waals surface area contributed by atoms with E-state index in [0.717, 1.165) is 11.3 Å². The third-order valence-corrected chi connectivity index (χ3v) is 3.79. The summed E-state index contributed by atoms with van der Waals surface area (Å²) < 4.78 is 10.1. The fraction of sp³-hybridized carbons (Fsp3) is 0.214. The molecular weight excluding hydrogens is 363 g/mol. The third-order valence-electron chi connectivity index (χ3n) is 2.49. The Balaban J connectivity index is 1.90. The van der Waals surface area contributed by atoms with Crippen LogP contribution in [0, 0.1) is 0 Å². The summed E-state index contributed by atoms with van der Waals surface area (Å²) in [6, 6.07) is 4.70. The molecule has 1 aromatic carbocycles. The molecule has 1 amide bonds. The van der Waals surface area contributed by atoms with E-state index >= 15 is 0 Å². The zero-order valence-corrected chi connectivity index (χ0v) is 14.3. The number of aromatic nitrogens is 1. The summed E-state index contributed by atoms with van der Waals surface area (Å²) >= 11 is 12.9. The Morgan fingerprint density at radius 2 is 2.13 bits per heavy atom. The first-order chi connectivity index (χ1) is 11.0. The van der Waals surface area contributed by atoms with Gasteiger partial charge in [-0.1, -0.05) is 23.2 Å². The molecule has 2 aromatic rings. The molecule has 23 heavy (non-hydrogen) atoms. The van der Waals surface area contributed by atoms with Crippen LogP contribution in [0.25, 0.3) is 0 Å². The summed E-state index contributed by atoms with van der Waals surface area (Å²) in [5.41, 5.74) is 0.144. The fourth-order valence-electron chi connectivity index (χ4n) is 1.52. The molecule has 0 saturated carbocycles. The highest BCUT2D eigenvalue weighted by atomic mass is 35.5. The molecule has 0 bridgehead atoms. The minimum absolute atomic E-state index is 0.144. The van der Waals surface area contributed by atoms with E-state index in [9.17, 15) is 9.59 Å². The topological polar surface area (TPSA) is 77.5 Å². The maximum absolute atomic E-state index is 11.8. The molecule has 0 atom stereocenters. The molecule has 1 N–H and O–H groups in total. The molecule has 1 heterocycles. The summed E-state index contributed by atoms with van der Waals surface area (Å²) in [6.45, 7) is 1.69. The van der Waals surface area contributed by atoms with Crippen molar-refractivity contribution in [3.8, 4) is 5.75 Å². The molecule has 9 heteroatoms. The lowest BCUT2D eigenvalue weighted by molar-refractivity contribution is -0.118. The molecule has 1 aromatic heterocycles. The second-order valence-electron chi connectivity index (χ2n) is 4.17. The van der Waals surface area contributed by atoms with Crippen LogP contribution in [-0.2, 0) is 9.53 Å². The van der Waals surface area contributed by atoms with Gasteiger partial charge in [0.15, 0.2) is 17.4 Å². The van der Waals surface area contributed by atoms with Crippen molar-refractivity contribution in [1.82, 2.24) is 4.98 Å². The van der Waals surface area contributed by atoms with Crippen molar-refractivity contribution in [2.75, 3.05) is 18.5 Å². The monoisotopic (exact) mass is 374 g/mol. The molecular formula is C14H12Cl2N2O4S. The summed E-state index contributed by atoms with van der Waals surface area (Å²) in [6.07, 6.45) is 0. The fourth-order valence-corrected chi connectivity index (χ4v) is 2.55. The molecule has 0 unspecified atom stereocenters. The molecule has 0 aliphatic carbocycles. The molecule has 0 saturated heterocycles. The van der Waals surface area contributed by atoms with E-state index in [1.807, 2.05) is 0 Å². The highest BCUT2D eigenvalue weighted by Crippen LogP contribution is 2.27. The minimum Gasteiger partial charge on any atom is -0.482 e. The Morgan fingerprint density at radius 3 is 2.87 bits per heavy atom. The molecule has 0 radical (unpaired) electrons. The van der Waals surface area contributed by atoms with Crippen molar-refractivity contribution in [3.63, 3.8) is 0 Å². The van der Waals surface area contributed by atoms with Gasteiger partial charge in [0.1, 0.15) is 5.75 Å². The number of benzene rings is 1. The number of nitrogens with zero attached hydrogens (tertiary/aromatic N) is 1. The van der Waals surface area contributed by atoms with Crippen LogP contribution in [0.5, 0.6) is 5.75 Å². The number of carbonyl (C=O) groups excluding carboxylic acids is 2. The van der Waals surface area contributed by atoms with E-state index in [0.29, 0.717) is 15.8 Å². The highest BCUT2D eigenvalue weighted by molar-refractivity contribution is 7.14. The van der Waals surface area contributed by atoms with Crippen LogP contribution in [0.4, 0.5) is 5.13 Å². The van der Waals surface area contributed by atoms with Gasteiger partial charge in [-0.3, -0.25) is 10.1 Å². The Labute approximate surface area is 146 Å². The molecule has 0 aliphatic heterocycles. The maximum atomic E-state index is 11.8. The molecule has 6 nitrogen and oxygen atoms in total. The average Bonchev–Trinajstić information content (AvgIpc) is 2.97. The number of halogens is 2. The molecule has 0 fully saturated rings. The Hall–Kier alpha value is -1.83. The summed E-state index contributed by atoms with van der Waals surface area (Å²) in [4.78, 5) is 27.3. The first-order valence-electron chi connectivity index (χ1n) is 6.50. The lowest BCUT2D eigenvalue weighted by Crippen LogP contribution is -2.20. The summed E-state index contributed by atoms with van der Waals surface area (Å²) in [5, 5.41) is 5.10. The first-order valence-corrected chi connectivity index (χ1v) is 8.13. The van der Waals surface area contributed by atoms with Crippen molar-refractivity contribution >= 4 is 51.5 Å². The minimum atomic E-state index is -0.536. The first kappa shape index (κ1) is 17.5. The van der Waals surface area contributed by atoms with Crippen LogP contribution in [0.1, 0.15) is 17.4 Å². The van der Waals surface area contributed by atoms with Crippen molar-refractivity contribution in [2.45, 2.75) is 6.92 Å². The second kappa shape index (κ2) is 8.14. The third kappa shape index (κ3) is 5.09. The smallest absolute Gasteiger partial charge is 0.357 e. The van der Waals surface area contributed by atoms with Crippen LogP contribution in [0.3, 0.4) is 0 Å². The Morgan fingerprint density at radius 1 is 1.35 bits per heavy atom. The van der Waals surface area contributed by atoms with Crippen molar-refractivity contribution in [3.05, 3.63) is 39.3 Å². The van der Waals surface area contributed by atoms with Crippen LogP contribution in [0.2, 0.25) is 10.0 Å². The maximum Gasteiger partial charge on any atom is 0.357 e. The van der Waals surface area contributed by atoms with E-state index in [1.54, 1.807) is 19.1 Å². The number of carbonyl (C=O) groups is 2. The van der Waals surface area contributed by atoms with Gasteiger partial charge in [-0.05, 0) is 19.1 Å². The highest BCUT2D eigenvalue weighted by Gasteiger charge is 2.14. The van der Waals surface area contributed by atoms with Gasteiger partial charge in [0, 0.05) is 16.5 Å². The van der Waals surface area contributed by atoms with Gasteiger partial charge < -0.3 is 9.47 Å². The van der Waals surface area contributed by atoms with Crippen molar-refractivity contribution in [2.24, 2.45) is 0 Å². The molecule has 2 rings (SSSR count). The summed E-state index contributed by atoms with van der Waals surface area (Å²) in [5.74, 6) is -0.669. The van der Waals surface area contributed by atoms with Gasteiger partial charge in [-0.15, -0.1) is 11.3 Å². The van der Waals surface area contributed by atoms with Gasteiger partial charge in [0.25, 0.3) is 5.91 Å². The largest absolute Gasteiger partial charge is 0.482 e. The normalized spacial score (nSPS) is 10.2. The number of hydrogen-bond donors (Lipinski definition) is 1. The van der Waals surface area contributed by atoms with E-state index in [-0.39, 0.29) is 24.0 Å². The van der Waals surface area contributed by atoms with E-state index in [2.05, 4.69) is 10.3 Å². The van der Waals surface area contributed by atoms with Crippen LogP contribution >= 0.6 is 34.5 Å². The van der Waals surface area contributed by atoms with E-state index in [4.69, 9.17) is 32.7 Å². The number of hydrogen-bond acceptors (Lipinski definition) is 6. The number of ether oxygens (including phenoxy) is 2. The summed E-state index contributed by atoms with van der Waals surface area (Å²) in [7, 11) is 0. The molecule has 122 valence electrons. The number of nitrogens with one attached hydrogen (secondary N) is 1. The molecule has 0 aliphatic rings. The Bertz CT molecular complexity index is 721. The van der Waals surface area contributed by atoms with Gasteiger partial charge in [-0.2, -0.15) is 0 Å². The van der Waals surface area contributed by atoms with Crippen molar-refractivity contribution < 1.29 is 19.1 Å². The van der Waals surface area contributed by atoms with Gasteiger partial charge >= 0.3 is 5.97 Å². The lowest BCUT2D eigenvalue weighted by Gasteiger charge is -2.07. The number of amides is 1. The standard InChI is InChI=1S/C14H12Cl2N2O4S/c1-2-21-13(20)10-7-23-14(17-10)18-12(19)6-22-11-5-8(15)3-4-9(11)16/h3-5,7H,2,6H2,1H3,(H,17,18,19). The predicted molar refractivity (Wildman–Crippen MR) is 88.7 cm³/mol. The van der Waals surface area contributed by atoms with E-state index < -0.39 is 11.9 Å². The van der Waals surface area contributed by atoms with E-state index in [1.165, 1.54) is 11.4 Å². The van der Waals surface area contributed by atoms with Gasteiger partial charge in [-0.25, -0.2) is 9.78 Å². The lowest BCUT2D eigenvalue weighted by atomic mass is 10.3. The van der Waals surface area contributed by atoms with Crippen molar-refractivity contribution in [1.29, 1.82) is 0 Å². The Kier molecular flexibility index (Phi) is 6.20. The number of rotatable bonds is 6. The van der Waals surface area contributed by atoms with Crippen LogP contribution in [0.15, 0.2) is 23.6 Å². The predicted octanol–water partition coefficient (Wildman–Crippen LogP) is 3.64. The number of anilines is 1. The zero-order chi connectivity index (χ0) is 16.8. The van der Waals surface area contributed by atoms with Gasteiger partial charge in [0.2, 0.25) is 0 Å². The zero-order valence-electron chi connectivity index (χ0n) is 12.0. The van der Waals surface area contributed by atoms with Crippen LogP contribution in [-0.4, -0.2) is 30.1 Å². The number of thiazole rings is 1. The SMILES string of the molecule is CCOC(=O)c1csc(NC(=O)COc2cc(Cl)ccc2Cl)n1.